The molecule has 4 rings (SSSR count). The van der Waals surface area contributed by atoms with Crippen molar-refractivity contribution < 1.29 is 31.5 Å². The second-order valence-electron chi connectivity index (χ2n) is 8.76. The van der Waals surface area contributed by atoms with Gasteiger partial charge in [0.2, 0.25) is 11.7 Å². The Balaban J connectivity index is 1.46. The number of hydrogen-bond acceptors (Lipinski definition) is 8. The molecule has 1 amide bonds. The number of morpholine rings is 1. The minimum absolute atomic E-state index is 0.0149. The Bertz CT molecular complexity index is 1060. The maximum absolute atomic E-state index is 15.4. The summed E-state index contributed by atoms with van der Waals surface area (Å²) in [5.41, 5.74) is 4.56. The predicted molar refractivity (Wildman–Crippen MR) is 119 cm³/mol. The molecule has 2 aliphatic rings. The minimum Gasteiger partial charge on any atom is -0.377 e. The fourth-order valence-electron chi connectivity index (χ4n) is 4.39. The predicted octanol–water partition coefficient (Wildman–Crippen LogP) is 2.16. The van der Waals surface area contributed by atoms with Gasteiger partial charge in [0.05, 0.1) is 37.1 Å². The van der Waals surface area contributed by atoms with Gasteiger partial charge in [0.25, 0.3) is 0 Å². The van der Waals surface area contributed by atoms with E-state index in [-0.39, 0.29) is 56.7 Å². The van der Waals surface area contributed by atoms with Gasteiger partial charge in [0.1, 0.15) is 12.5 Å². The number of nitrogens with zero attached hydrogens (tertiary/aromatic N) is 5. The molecule has 2 aromatic heterocycles. The number of carbonyl (C=O) groups is 1. The quantitative estimate of drug-likeness (QED) is 0.540. The molecule has 2 saturated heterocycles. The number of aromatic nitrogens is 3. The first-order valence-electron chi connectivity index (χ1n) is 11.4. The van der Waals surface area contributed by atoms with E-state index in [2.05, 4.69) is 20.3 Å². The molecule has 0 aromatic carbocycles. The van der Waals surface area contributed by atoms with Crippen molar-refractivity contribution >= 4 is 17.5 Å². The Labute approximate surface area is 203 Å². The molecule has 2 aliphatic heterocycles. The number of alkyl halides is 4. The number of anilines is 2. The number of pyridine rings is 1. The molecule has 196 valence electrons. The van der Waals surface area contributed by atoms with Crippen molar-refractivity contribution in [2.24, 2.45) is 11.7 Å². The van der Waals surface area contributed by atoms with E-state index in [9.17, 15) is 22.4 Å². The summed E-state index contributed by atoms with van der Waals surface area (Å²) in [5.74, 6) is -1.88. The van der Waals surface area contributed by atoms with Gasteiger partial charge in [-0.15, -0.1) is 0 Å². The fraction of sp³-hybridized carbons (Fsp3) is 0.545. The molecule has 3 N–H and O–H groups in total. The number of amides is 1. The van der Waals surface area contributed by atoms with Crippen LogP contribution < -0.4 is 16.0 Å². The lowest BCUT2D eigenvalue weighted by molar-refractivity contribution is -0.137. The first-order valence-corrected chi connectivity index (χ1v) is 11.4. The van der Waals surface area contributed by atoms with E-state index in [0.29, 0.717) is 13.0 Å². The fourth-order valence-corrected chi connectivity index (χ4v) is 4.39. The van der Waals surface area contributed by atoms with Crippen LogP contribution in [0.2, 0.25) is 0 Å². The van der Waals surface area contributed by atoms with Crippen LogP contribution in [0.3, 0.4) is 0 Å². The SMILES string of the molecule is NC(=O)CN1CC[C@H](CNc2ncnc(N3CCOC[C@@H]3c3ccc(C(F)(F)F)cn3)c2F)[C@@H](F)C1. The number of ether oxygens (including phenoxy) is 1. The number of piperidine rings is 1. The summed E-state index contributed by atoms with van der Waals surface area (Å²) >= 11 is 0. The van der Waals surface area contributed by atoms with E-state index in [1.165, 1.54) is 6.07 Å². The highest BCUT2D eigenvalue weighted by atomic mass is 19.4. The van der Waals surface area contributed by atoms with Crippen LogP contribution in [0, 0.1) is 11.7 Å². The molecule has 0 bridgehead atoms. The maximum Gasteiger partial charge on any atom is 0.417 e. The largest absolute Gasteiger partial charge is 0.417 e. The third-order valence-corrected chi connectivity index (χ3v) is 6.30. The topological polar surface area (TPSA) is 110 Å². The number of primary amides is 1. The third kappa shape index (κ3) is 5.98. The second-order valence-corrected chi connectivity index (χ2v) is 8.76. The molecule has 0 unspecified atom stereocenters. The normalized spacial score (nSPS) is 23.5. The van der Waals surface area contributed by atoms with E-state index in [1.54, 1.807) is 9.80 Å². The molecule has 36 heavy (non-hydrogen) atoms. The lowest BCUT2D eigenvalue weighted by Gasteiger charge is -2.36. The first kappa shape index (κ1) is 25.9. The molecule has 0 spiro atoms. The van der Waals surface area contributed by atoms with Gasteiger partial charge >= 0.3 is 6.18 Å². The van der Waals surface area contributed by atoms with Crippen LogP contribution in [0.1, 0.15) is 23.7 Å². The molecule has 0 aliphatic carbocycles. The van der Waals surface area contributed by atoms with E-state index >= 15 is 4.39 Å². The highest BCUT2D eigenvalue weighted by Crippen LogP contribution is 2.33. The van der Waals surface area contributed by atoms with Gasteiger partial charge in [-0.3, -0.25) is 14.7 Å². The Kier molecular flexibility index (Phi) is 7.83. The number of likely N-dealkylation sites (tertiary alicyclic amines) is 1. The first-order chi connectivity index (χ1) is 17.1. The maximum atomic E-state index is 15.4. The van der Waals surface area contributed by atoms with Crippen molar-refractivity contribution in [2.45, 2.75) is 24.8 Å². The zero-order valence-corrected chi connectivity index (χ0v) is 19.2. The van der Waals surface area contributed by atoms with E-state index in [1.807, 2.05) is 0 Å². The van der Waals surface area contributed by atoms with Crippen molar-refractivity contribution in [1.82, 2.24) is 19.9 Å². The van der Waals surface area contributed by atoms with Gasteiger partial charge in [-0.2, -0.15) is 17.6 Å². The van der Waals surface area contributed by atoms with Crippen LogP contribution in [-0.2, 0) is 15.7 Å². The number of carbonyl (C=O) groups excluding carboxylic acids is 1. The summed E-state index contributed by atoms with van der Waals surface area (Å²) in [6, 6.07) is 1.49. The highest BCUT2D eigenvalue weighted by Gasteiger charge is 2.34. The highest BCUT2D eigenvalue weighted by molar-refractivity contribution is 5.75. The van der Waals surface area contributed by atoms with Gasteiger partial charge in [-0.25, -0.2) is 14.4 Å². The minimum atomic E-state index is -4.52. The Morgan fingerprint density at radius 3 is 2.69 bits per heavy atom. The van der Waals surface area contributed by atoms with E-state index in [4.69, 9.17) is 10.5 Å². The molecule has 14 heteroatoms. The third-order valence-electron chi connectivity index (χ3n) is 6.30. The molecule has 2 fully saturated rings. The second kappa shape index (κ2) is 10.9. The van der Waals surface area contributed by atoms with Crippen LogP contribution >= 0.6 is 0 Å². The lowest BCUT2D eigenvalue weighted by atomic mass is 9.95. The Morgan fingerprint density at radius 1 is 1.22 bits per heavy atom. The van der Waals surface area contributed by atoms with Crippen molar-refractivity contribution in [3.8, 4) is 0 Å². The van der Waals surface area contributed by atoms with Crippen molar-refractivity contribution in [2.75, 3.05) is 56.2 Å². The number of hydrogen-bond donors (Lipinski definition) is 2. The molecule has 4 heterocycles. The molecule has 9 nitrogen and oxygen atoms in total. The van der Waals surface area contributed by atoms with Gasteiger partial charge in [0, 0.05) is 31.7 Å². The van der Waals surface area contributed by atoms with Gasteiger partial charge in [-0.05, 0) is 25.1 Å². The van der Waals surface area contributed by atoms with Gasteiger partial charge < -0.3 is 20.7 Å². The average molecular weight is 515 g/mol. The van der Waals surface area contributed by atoms with Crippen molar-refractivity contribution in [1.29, 1.82) is 0 Å². The molecule has 3 atom stereocenters. The smallest absolute Gasteiger partial charge is 0.377 e. The van der Waals surface area contributed by atoms with Crippen LogP contribution in [-0.4, -0.2) is 77.9 Å². The van der Waals surface area contributed by atoms with Crippen LogP contribution in [0.15, 0.2) is 24.7 Å². The summed E-state index contributed by atoms with van der Waals surface area (Å²) < 4.78 is 74.2. The van der Waals surface area contributed by atoms with Crippen molar-refractivity contribution in [3.05, 3.63) is 41.7 Å². The number of rotatable bonds is 7. The summed E-state index contributed by atoms with van der Waals surface area (Å²) in [7, 11) is 0. The van der Waals surface area contributed by atoms with Crippen molar-refractivity contribution in [3.63, 3.8) is 0 Å². The summed E-state index contributed by atoms with van der Waals surface area (Å²) in [4.78, 5) is 26.2. The zero-order valence-electron chi connectivity index (χ0n) is 19.2. The average Bonchev–Trinajstić information content (AvgIpc) is 2.83. The molecular weight excluding hydrogens is 489 g/mol. The Hall–Kier alpha value is -3.13. The molecule has 0 saturated carbocycles. The number of nitrogens with one attached hydrogen (secondary N) is 1. The van der Waals surface area contributed by atoms with E-state index < -0.39 is 41.6 Å². The Morgan fingerprint density at radius 2 is 2.03 bits per heavy atom. The molecule has 0 radical (unpaired) electrons. The molecular formula is C22H26F5N7O2. The van der Waals surface area contributed by atoms with Crippen LogP contribution in [0.5, 0.6) is 0 Å². The van der Waals surface area contributed by atoms with Crippen LogP contribution in [0.4, 0.5) is 33.6 Å². The number of halogens is 5. The zero-order chi connectivity index (χ0) is 25.9. The standard InChI is InChI=1S/C22H26F5N7O2/c23-15-9-33(10-18(28)35)4-3-13(15)7-30-20-19(24)21(32-12-31-20)34-5-6-36-11-17(34)16-2-1-14(8-29-16)22(25,26)27/h1-2,8,12-13,15,17H,3-7,9-11H2,(H2,28,35)(H,30,31,32)/t13-,15+,17-/m1/s1. The van der Waals surface area contributed by atoms with Gasteiger partial charge in [-0.1, -0.05) is 0 Å². The number of nitrogens with two attached hydrogens (primary N) is 1. The van der Waals surface area contributed by atoms with E-state index in [0.717, 1.165) is 18.6 Å². The van der Waals surface area contributed by atoms with Crippen LogP contribution in [0.25, 0.3) is 0 Å². The summed E-state index contributed by atoms with van der Waals surface area (Å²) in [6.45, 7) is 1.22. The molecule has 2 aromatic rings. The summed E-state index contributed by atoms with van der Waals surface area (Å²) in [5, 5.41) is 2.85. The summed E-state index contributed by atoms with van der Waals surface area (Å²) in [6.07, 6.45) is -3.41. The monoisotopic (exact) mass is 515 g/mol. The lowest BCUT2D eigenvalue weighted by Crippen LogP contribution is -2.46. The van der Waals surface area contributed by atoms with Gasteiger partial charge in [0.15, 0.2) is 11.6 Å².